The van der Waals surface area contributed by atoms with Gasteiger partial charge < -0.3 is 0 Å². The molecule has 0 unspecified atom stereocenters. The SMILES string of the molecule is [B]Cc1ccc2cccc([B])c2n1. The van der Waals surface area contributed by atoms with Gasteiger partial charge in [0, 0.05) is 5.69 Å². The van der Waals surface area contributed by atoms with Crippen LogP contribution in [0.15, 0.2) is 30.3 Å². The van der Waals surface area contributed by atoms with Crippen molar-refractivity contribution in [1.82, 2.24) is 4.98 Å². The highest BCUT2D eigenvalue weighted by atomic mass is 14.7. The number of nitrogens with zero attached hydrogens (tertiary/aromatic N) is 1. The first kappa shape index (κ1) is 8.36. The van der Waals surface area contributed by atoms with Gasteiger partial charge in [-0.05, 0) is 17.8 Å². The first-order chi connectivity index (χ1) is 6.31. The Labute approximate surface area is 80.0 Å². The maximum atomic E-state index is 5.78. The van der Waals surface area contributed by atoms with Gasteiger partial charge in [0.05, 0.1) is 13.4 Å². The molecule has 1 aromatic carbocycles. The minimum absolute atomic E-state index is 0.449. The number of aromatic nitrogens is 1. The standard InChI is InChI=1S/C10H7B2N/c11-6-8-5-4-7-2-1-3-9(12)10(7)13-8/h1-5H,6H2. The molecule has 0 aliphatic rings. The second kappa shape index (κ2) is 3.25. The van der Waals surface area contributed by atoms with Gasteiger partial charge in [-0.1, -0.05) is 29.7 Å². The van der Waals surface area contributed by atoms with Gasteiger partial charge in [0.25, 0.3) is 0 Å². The first-order valence-electron chi connectivity index (χ1n) is 4.15. The highest BCUT2D eigenvalue weighted by Crippen LogP contribution is 2.09. The van der Waals surface area contributed by atoms with Gasteiger partial charge in [-0.15, -0.1) is 0 Å². The van der Waals surface area contributed by atoms with E-state index in [0.717, 1.165) is 16.6 Å². The summed E-state index contributed by atoms with van der Waals surface area (Å²) in [5.74, 6) is 0. The van der Waals surface area contributed by atoms with Crippen molar-refractivity contribution < 1.29 is 0 Å². The van der Waals surface area contributed by atoms with Crippen LogP contribution < -0.4 is 5.46 Å². The molecule has 3 heteroatoms. The molecule has 0 amide bonds. The second-order valence-electron chi connectivity index (χ2n) is 2.93. The van der Waals surface area contributed by atoms with Crippen molar-refractivity contribution in [1.29, 1.82) is 0 Å². The van der Waals surface area contributed by atoms with Crippen LogP contribution in [0.1, 0.15) is 5.69 Å². The summed E-state index contributed by atoms with van der Waals surface area (Å²) in [6.45, 7) is 0. The van der Waals surface area contributed by atoms with Crippen molar-refractivity contribution in [3.8, 4) is 0 Å². The zero-order valence-electron chi connectivity index (χ0n) is 7.20. The van der Waals surface area contributed by atoms with E-state index in [4.69, 9.17) is 15.7 Å². The predicted molar refractivity (Wildman–Crippen MR) is 56.6 cm³/mol. The molecule has 0 saturated heterocycles. The summed E-state index contributed by atoms with van der Waals surface area (Å²) in [7, 11) is 11.3. The van der Waals surface area contributed by atoms with Gasteiger partial charge in [0.15, 0.2) is 0 Å². The van der Waals surface area contributed by atoms with Crippen LogP contribution in [-0.2, 0) is 6.32 Å². The van der Waals surface area contributed by atoms with Crippen LogP contribution in [0.3, 0.4) is 0 Å². The van der Waals surface area contributed by atoms with Crippen LogP contribution >= 0.6 is 0 Å². The van der Waals surface area contributed by atoms with Gasteiger partial charge in [0.1, 0.15) is 7.85 Å². The summed E-state index contributed by atoms with van der Waals surface area (Å²) in [5.41, 5.74) is 2.41. The van der Waals surface area contributed by atoms with Gasteiger partial charge in [-0.2, -0.15) is 0 Å². The molecule has 0 atom stereocenters. The van der Waals surface area contributed by atoms with Crippen LogP contribution in [0, 0.1) is 0 Å². The Morgan fingerprint density at radius 3 is 2.77 bits per heavy atom. The molecule has 0 saturated carbocycles. The third-order valence-corrected chi connectivity index (χ3v) is 2.02. The number of hydrogen-bond acceptors (Lipinski definition) is 1. The van der Waals surface area contributed by atoms with Crippen LogP contribution in [0.25, 0.3) is 10.9 Å². The minimum Gasteiger partial charge on any atom is -0.254 e. The van der Waals surface area contributed by atoms with Crippen molar-refractivity contribution in [2.75, 3.05) is 0 Å². The molecule has 1 heterocycles. The second-order valence-corrected chi connectivity index (χ2v) is 2.93. The zero-order chi connectivity index (χ0) is 9.26. The molecule has 0 spiro atoms. The highest BCUT2D eigenvalue weighted by Gasteiger charge is 1.98. The smallest absolute Gasteiger partial charge is 0.116 e. The molecule has 4 radical (unpaired) electrons. The van der Waals surface area contributed by atoms with Crippen molar-refractivity contribution in [3.05, 3.63) is 36.0 Å². The molecular weight excluding hydrogens is 156 g/mol. The zero-order valence-corrected chi connectivity index (χ0v) is 7.20. The molecule has 13 heavy (non-hydrogen) atoms. The van der Waals surface area contributed by atoms with Crippen molar-refractivity contribution in [3.63, 3.8) is 0 Å². The number of para-hydroxylation sites is 1. The lowest BCUT2D eigenvalue weighted by molar-refractivity contribution is 1.22. The largest absolute Gasteiger partial charge is 0.254 e. The van der Waals surface area contributed by atoms with E-state index in [1.165, 1.54) is 0 Å². The van der Waals surface area contributed by atoms with E-state index in [1.54, 1.807) is 0 Å². The molecule has 1 nitrogen and oxygen atoms in total. The van der Waals surface area contributed by atoms with Crippen LogP contribution in [-0.4, -0.2) is 20.7 Å². The summed E-state index contributed by atoms with van der Waals surface area (Å²) in [6, 6.07) is 9.65. The molecule has 1 aromatic heterocycles. The van der Waals surface area contributed by atoms with Crippen molar-refractivity contribution in [2.45, 2.75) is 6.32 Å². The number of benzene rings is 1. The Kier molecular flexibility index (Phi) is 2.09. The Bertz CT molecular complexity index is 440. The molecule has 0 fully saturated rings. The average Bonchev–Trinajstić information content (AvgIpc) is 2.18. The van der Waals surface area contributed by atoms with E-state index in [2.05, 4.69) is 4.98 Å². The third kappa shape index (κ3) is 1.46. The predicted octanol–water partition coefficient (Wildman–Crippen LogP) is 0.697. The summed E-state index contributed by atoms with van der Waals surface area (Å²) in [5, 5.41) is 1.05. The molecule has 0 bridgehead atoms. The van der Waals surface area contributed by atoms with Crippen molar-refractivity contribution in [2.24, 2.45) is 0 Å². The lowest BCUT2D eigenvalue weighted by Crippen LogP contribution is -2.06. The molecule has 0 aliphatic heterocycles. The lowest BCUT2D eigenvalue weighted by Gasteiger charge is -2.03. The van der Waals surface area contributed by atoms with E-state index >= 15 is 0 Å². The summed E-state index contributed by atoms with van der Waals surface area (Å²) in [4.78, 5) is 4.34. The first-order valence-corrected chi connectivity index (χ1v) is 4.15. The normalized spacial score (nSPS) is 10.5. The molecule has 58 valence electrons. The summed E-state index contributed by atoms with van der Waals surface area (Å²) < 4.78 is 0. The fraction of sp³-hybridized carbons (Fsp3) is 0.100. The van der Waals surface area contributed by atoms with Crippen LogP contribution in [0.4, 0.5) is 0 Å². The van der Waals surface area contributed by atoms with E-state index in [1.807, 2.05) is 30.3 Å². The average molecular weight is 163 g/mol. The molecule has 2 aromatic rings. The van der Waals surface area contributed by atoms with Gasteiger partial charge in [0.2, 0.25) is 0 Å². The highest BCUT2D eigenvalue weighted by molar-refractivity contribution is 6.38. The van der Waals surface area contributed by atoms with Gasteiger partial charge in [-0.25, -0.2) is 0 Å². The van der Waals surface area contributed by atoms with Crippen LogP contribution in [0.2, 0.25) is 0 Å². The Hall–Kier alpha value is -1.24. The molecule has 0 aliphatic carbocycles. The van der Waals surface area contributed by atoms with Gasteiger partial charge >= 0.3 is 0 Å². The number of fused-ring (bicyclic) bond motifs is 1. The Morgan fingerprint density at radius 2 is 2.00 bits per heavy atom. The topological polar surface area (TPSA) is 12.9 Å². The fourth-order valence-electron chi connectivity index (χ4n) is 1.32. The van der Waals surface area contributed by atoms with E-state index in [-0.39, 0.29) is 0 Å². The Balaban J connectivity index is 2.74. The van der Waals surface area contributed by atoms with E-state index in [0.29, 0.717) is 11.8 Å². The van der Waals surface area contributed by atoms with Crippen LogP contribution in [0.5, 0.6) is 0 Å². The van der Waals surface area contributed by atoms with Crippen molar-refractivity contribution >= 4 is 32.1 Å². The number of pyridine rings is 1. The van der Waals surface area contributed by atoms with E-state index < -0.39 is 0 Å². The Morgan fingerprint density at radius 1 is 1.15 bits per heavy atom. The molecule has 2 rings (SSSR count). The van der Waals surface area contributed by atoms with E-state index in [9.17, 15) is 0 Å². The van der Waals surface area contributed by atoms with Gasteiger partial charge in [-0.3, -0.25) is 4.98 Å². The fourth-order valence-corrected chi connectivity index (χ4v) is 1.32. The quantitative estimate of drug-likeness (QED) is 0.563. The summed E-state index contributed by atoms with van der Waals surface area (Å²) >= 11 is 0. The maximum Gasteiger partial charge on any atom is 0.116 e. The number of hydrogen-bond donors (Lipinski definition) is 0. The lowest BCUT2D eigenvalue weighted by atomic mass is 9.92. The summed E-state index contributed by atoms with van der Waals surface area (Å²) in [6.07, 6.45) is 0.449. The monoisotopic (exact) mass is 163 g/mol. The molecular formula is C10H7B2N. The maximum absolute atomic E-state index is 5.78. The molecule has 0 N–H and O–H groups in total. The third-order valence-electron chi connectivity index (χ3n) is 2.02. The minimum atomic E-state index is 0.449. The number of rotatable bonds is 1.